The summed E-state index contributed by atoms with van der Waals surface area (Å²) in [5.74, 6) is -2.62. The van der Waals surface area contributed by atoms with E-state index in [0.717, 1.165) is 6.42 Å². The molecule has 5 nitrogen and oxygen atoms in total. The Morgan fingerprint density at radius 1 is 1.19 bits per heavy atom. The van der Waals surface area contributed by atoms with Crippen molar-refractivity contribution in [2.24, 2.45) is 17.8 Å². The van der Waals surface area contributed by atoms with Crippen LogP contribution in [0.1, 0.15) is 19.3 Å². The molecule has 0 saturated heterocycles. The average Bonchev–Trinajstić information content (AvgIpc) is 2.35. The molecule has 1 rings (SSSR count). The van der Waals surface area contributed by atoms with Crippen molar-refractivity contribution in [1.82, 2.24) is 0 Å². The van der Waals surface area contributed by atoms with Crippen LogP contribution in [0.5, 0.6) is 0 Å². The van der Waals surface area contributed by atoms with E-state index >= 15 is 0 Å². The quantitative estimate of drug-likeness (QED) is 0.652. The molecule has 1 fully saturated rings. The molecular weight excluding hydrogens is 210 g/mol. The van der Waals surface area contributed by atoms with Crippen LogP contribution in [0.2, 0.25) is 0 Å². The molecule has 3 atom stereocenters. The highest BCUT2D eigenvalue weighted by Crippen LogP contribution is 2.36. The first-order chi connectivity index (χ1) is 7.65. The second kappa shape index (κ2) is 5.50. The largest absolute Gasteiger partial charge is 0.469 e. The average molecular weight is 225 g/mol. The summed E-state index contributed by atoms with van der Waals surface area (Å²) < 4.78 is 9.30. The third-order valence-corrected chi connectivity index (χ3v) is 3.04. The Morgan fingerprint density at radius 3 is 2.31 bits per heavy atom. The van der Waals surface area contributed by atoms with Crippen molar-refractivity contribution in [1.29, 1.82) is 5.26 Å². The van der Waals surface area contributed by atoms with Crippen LogP contribution in [0.4, 0.5) is 0 Å². The number of carbonyl (C=O) groups excluding carboxylic acids is 2. The predicted octanol–water partition coefficient (Wildman–Crippen LogP) is 0.888. The normalized spacial score (nSPS) is 28.9. The maximum Gasteiger partial charge on any atom is 0.310 e. The smallest absolute Gasteiger partial charge is 0.310 e. The van der Waals surface area contributed by atoms with Gasteiger partial charge in [-0.3, -0.25) is 9.59 Å². The minimum atomic E-state index is -0.684. The van der Waals surface area contributed by atoms with Gasteiger partial charge in [0.25, 0.3) is 0 Å². The highest BCUT2D eigenvalue weighted by molar-refractivity contribution is 5.82. The molecule has 0 aromatic rings. The predicted molar refractivity (Wildman–Crippen MR) is 54.0 cm³/mol. The number of hydrogen-bond acceptors (Lipinski definition) is 5. The lowest BCUT2D eigenvalue weighted by Crippen LogP contribution is -2.39. The molecule has 1 aliphatic rings. The zero-order valence-electron chi connectivity index (χ0n) is 9.43. The van der Waals surface area contributed by atoms with E-state index < -0.39 is 29.7 Å². The van der Waals surface area contributed by atoms with Crippen LogP contribution in [-0.2, 0) is 19.1 Å². The van der Waals surface area contributed by atoms with E-state index in [1.807, 2.05) is 0 Å². The van der Waals surface area contributed by atoms with Gasteiger partial charge in [0, 0.05) is 0 Å². The van der Waals surface area contributed by atoms with Crippen molar-refractivity contribution < 1.29 is 19.1 Å². The van der Waals surface area contributed by atoms with Gasteiger partial charge in [-0.15, -0.1) is 0 Å². The SMILES string of the molecule is COC(=O)[C@H]1[C@H](C#N)CCC[C@H]1C(=O)OC. The van der Waals surface area contributed by atoms with Gasteiger partial charge in [0.2, 0.25) is 0 Å². The summed E-state index contributed by atoms with van der Waals surface area (Å²) in [6.45, 7) is 0. The minimum Gasteiger partial charge on any atom is -0.469 e. The molecule has 0 spiro atoms. The Morgan fingerprint density at radius 2 is 1.81 bits per heavy atom. The molecule has 1 aliphatic carbocycles. The fourth-order valence-corrected chi connectivity index (χ4v) is 2.22. The molecule has 0 amide bonds. The molecule has 5 heteroatoms. The number of nitriles is 1. The van der Waals surface area contributed by atoms with Gasteiger partial charge in [-0.25, -0.2) is 0 Å². The number of carbonyl (C=O) groups is 2. The maximum absolute atomic E-state index is 11.6. The molecule has 0 bridgehead atoms. The topological polar surface area (TPSA) is 76.4 Å². The molecule has 0 unspecified atom stereocenters. The molecule has 0 aromatic carbocycles. The lowest BCUT2D eigenvalue weighted by molar-refractivity contribution is -0.161. The second-order valence-corrected chi connectivity index (χ2v) is 3.85. The first-order valence-electron chi connectivity index (χ1n) is 5.21. The molecular formula is C11H15NO4. The zero-order chi connectivity index (χ0) is 12.1. The fraction of sp³-hybridized carbons (Fsp3) is 0.727. The number of hydrogen-bond donors (Lipinski definition) is 0. The van der Waals surface area contributed by atoms with Gasteiger partial charge in [-0.2, -0.15) is 5.26 Å². The third kappa shape index (κ3) is 2.32. The Hall–Kier alpha value is -1.57. The van der Waals surface area contributed by atoms with Gasteiger partial charge < -0.3 is 9.47 Å². The number of rotatable bonds is 2. The summed E-state index contributed by atoms with van der Waals surface area (Å²) >= 11 is 0. The molecule has 0 N–H and O–H groups in total. The summed E-state index contributed by atoms with van der Waals surface area (Å²) in [6.07, 6.45) is 1.96. The van der Waals surface area contributed by atoms with Gasteiger partial charge in [0.15, 0.2) is 0 Å². The second-order valence-electron chi connectivity index (χ2n) is 3.85. The van der Waals surface area contributed by atoms with Crippen molar-refractivity contribution in [2.75, 3.05) is 14.2 Å². The van der Waals surface area contributed by atoms with Crippen LogP contribution in [0.15, 0.2) is 0 Å². The van der Waals surface area contributed by atoms with E-state index in [4.69, 9.17) is 5.26 Å². The van der Waals surface area contributed by atoms with Crippen molar-refractivity contribution in [3.63, 3.8) is 0 Å². The van der Waals surface area contributed by atoms with E-state index in [1.54, 1.807) is 0 Å². The summed E-state index contributed by atoms with van der Waals surface area (Å²) in [6, 6.07) is 2.07. The molecule has 0 aliphatic heterocycles. The molecule has 0 heterocycles. The lowest BCUT2D eigenvalue weighted by atomic mass is 9.72. The Bertz CT molecular complexity index is 320. The van der Waals surface area contributed by atoms with Crippen LogP contribution in [0, 0.1) is 29.1 Å². The van der Waals surface area contributed by atoms with Crippen molar-refractivity contribution in [3.8, 4) is 6.07 Å². The van der Waals surface area contributed by atoms with Crippen molar-refractivity contribution >= 4 is 11.9 Å². The zero-order valence-corrected chi connectivity index (χ0v) is 9.43. The van der Waals surface area contributed by atoms with Crippen LogP contribution in [0.3, 0.4) is 0 Å². The summed E-state index contributed by atoms with van der Waals surface area (Å²) in [7, 11) is 2.55. The molecule has 0 aromatic heterocycles. The summed E-state index contributed by atoms with van der Waals surface area (Å²) in [4.78, 5) is 23.1. The first kappa shape index (κ1) is 12.5. The molecule has 16 heavy (non-hydrogen) atoms. The van der Waals surface area contributed by atoms with E-state index in [0.29, 0.717) is 12.8 Å². The Balaban J connectivity index is 2.92. The monoisotopic (exact) mass is 225 g/mol. The highest BCUT2D eigenvalue weighted by Gasteiger charge is 2.43. The summed E-state index contributed by atoms with van der Waals surface area (Å²) in [5.41, 5.74) is 0. The maximum atomic E-state index is 11.6. The molecule has 88 valence electrons. The molecule has 0 radical (unpaired) electrons. The van der Waals surface area contributed by atoms with Crippen molar-refractivity contribution in [2.45, 2.75) is 19.3 Å². The van der Waals surface area contributed by atoms with E-state index in [-0.39, 0.29) is 0 Å². The number of nitrogens with zero attached hydrogens (tertiary/aromatic N) is 1. The van der Waals surface area contributed by atoms with Gasteiger partial charge in [-0.05, 0) is 12.8 Å². The van der Waals surface area contributed by atoms with Crippen LogP contribution >= 0.6 is 0 Å². The highest BCUT2D eigenvalue weighted by atomic mass is 16.5. The van der Waals surface area contributed by atoms with E-state index in [9.17, 15) is 9.59 Å². The van der Waals surface area contributed by atoms with Gasteiger partial charge in [0.1, 0.15) is 0 Å². The minimum absolute atomic E-state index is 0.435. The van der Waals surface area contributed by atoms with Crippen LogP contribution < -0.4 is 0 Å². The number of esters is 2. The first-order valence-corrected chi connectivity index (χ1v) is 5.21. The Kier molecular flexibility index (Phi) is 4.29. The van der Waals surface area contributed by atoms with Gasteiger partial charge in [0.05, 0.1) is 38.0 Å². The fourth-order valence-electron chi connectivity index (χ4n) is 2.22. The Labute approximate surface area is 94.3 Å². The van der Waals surface area contributed by atoms with Crippen LogP contribution in [0.25, 0.3) is 0 Å². The third-order valence-electron chi connectivity index (χ3n) is 3.04. The van der Waals surface area contributed by atoms with Crippen LogP contribution in [-0.4, -0.2) is 26.2 Å². The summed E-state index contributed by atoms with van der Waals surface area (Å²) in [5, 5.41) is 8.97. The lowest BCUT2D eigenvalue weighted by Gasteiger charge is -2.30. The van der Waals surface area contributed by atoms with Crippen molar-refractivity contribution in [3.05, 3.63) is 0 Å². The van der Waals surface area contributed by atoms with E-state index in [1.165, 1.54) is 14.2 Å². The number of ether oxygens (including phenoxy) is 2. The van der Waals surface area contributed by atoms with E-state index in [2.05, 4.69) is 15.5 Å². The molecule has 1 saturated carbocycles. The standard InChI is InChI=1S/C11H15NO4/c1-15-10(13)8-5-3-4-7(6-12)9(8)11(14)16-2/h7-9H,3-5H2,1-2H3/t7-,8+,9-/m0/s1. The van der Waals surface area contributed by atoms with Gasteiger partial charge >= 0.3 is 11.9 Å². The number of methoxy groups -OCH3 is 2. The van der Waals surface area contributed by atoms with Gasteiger partial charge in [-0.1, -0.05) is 6.42 Å².